The smallest absolute Gasteiger partial charge is 0.143 e. The van der Waals surface area contributed by atoms with Crippen LogP contribution in [0.5, 0.6) is 0 Å². The van der Waals surface area contributed by atoms with Crippen molar-refractivity contribution < 1.29 is 0 Å². The van der Waals surface area contributed by atoms with Gasteiger partial charge in [-0.25, -0.2) is 5.84 Å². The number of hydrogen-bond acceptors (Lipinski definition) is 2. The second kappa shape index (κ2) is 13.1. The Hall–Kier alpha value is -6.55. The summed E-state index contributed by atoms with van der Waals surface area (Å²) in [4.78, 5) is 5.54. The molecule has 3 nitrogen and oxygen atoms in total. The lowest BCUT2D eigenvalue weighted by Gasteiger charge is -2.36. The molecule has 0 aromatic heterocycles. The molecule has 1 spiro atoms. The number of allylic oxidation sites excluding steroid dienone is 3. The molecule has 7 aromatic carbocycles. The van der Waals surface area contributed by atoms with Crippen LogP contribution < -0.4 is 11.3 Å². The molecule has 2 atom stereocenters. The van der Waals surface area contributed by atoms with Crippen LogP contribution in [0.3, 0.4) is 0 Å². The Morgan fingerprint density at radius 3 is 1.56 bits per heavy atom. The SMILES string of the molecule is NNC(=NC(c1ccc(-c2ccccc2)cc1)C1C=CC2=C(C1)C1(c3ccccc32)c2ccccc2-c2ccccc21)c1ccc(-c2ccccc2)cc1. The Kier molecular flexibility index (Phi) is 7.82. The fraction of sp³-hybridized carbons (Fsp3) is 0.0784. The summed E-state index contributed by atoms with van der Waals surface area (Å²) in [5, 5.41) is 0. The Morgan fingerprint density at radius 2 is 1.00 bits per heavy atom. The quantitative estimate of drug-likeness (QED) is 0.0788. The molecule has 0 radical (unpaired) electrons. The Labute approximate surface area is 316 Å². The summed E-state index contributed by atoms with van der Waals surface area (Å²) in [6.45, 7) is 0. The summed E-state index contributed by atoms with van der Waals surface area (Å²) in [7, 11) is 0. The minimum Gasteiger partial charge on any atom is -0.308 e. The van der Waals surface area contributed by atoms with Gasteiger partial charge >= 0.3 is 0 Å². The molecule has 258 valence electrons. The van der Waals surface area contributed by atoms with E-state index in [1.54, 1.807) is 0 Å². The number of hydrazine groups is 1. The van der Waals surface area contributed by atoms with E-state index in [1.165, 1.54) is 61.2 Å². The van der Waals surface area contributed by atoms with Crippen molar-refractivity contribution in [2.45, 2.75) is 17.9 Å². The lowest BCUT2D eigenvalue weighted by molar-refractivity contribution is 0.495. The van der Waals surface area contributed by atoms with E-state index in [0.29, 0.717) is 5.84 Å². The van der Waals surface area contributed by atoms with Gasteiger partial charge in [0, 0.05) is 11.5 Å². The van der Waals surface area contributed by atoms with Gasteiger partial charge < -0.3 is 5.43 Å². The van der Waals surface area contributed by atoms with Crippen molar-refractivity contribution in [1.29, 1.82) is 0 Å². The number of nitrogens with two attached hydrogens (primary N) is 1. The zero-order chi connectivity index (χ0) is 36.1. The standard InChI is InChI=1S/C51H39N3/c52-54-50(39-29-25-37(26-30-39)35-15-5-2-6-16-35)53-49(38-27-23-36(24-28-38)34-13-3-1-4-14-34)40-31-32-44-43-19-9-12-22-47(43)51(48(44)33-40)45-20-10-7-17-41(45)42-18-8-11-21-46(42)51/h1-32,40,49H,33,52H2,(H,53,54). The van der Waals surface area contributed by atoms with Crippen LogP contribution in [-0.2, 0) is 5.41 Å². The summed E-state index contributed by atoms with van der Waals surface area (Å²) in [5.41, 5.74) is 20.3. The molecule has 3 heteroatoms. The topological polar surface area (TPSA) is 50.4 Å². The second-order valence-corrected chi connectivity index (χ2v) is 14.5. The molecule has 54 heavy (non-hydrogen) atoms. The summed E-state index contributed by atoms with van der Waals surface area (Å²) in [6, 6.07) is 65.4. The van der Waals surface area contributed by atoms with Crippen LogP contribution in [0.2, 0.25) is 0 Å². The predicted octanol–water partition coefficient (Wildman–Crippen LogP) is 11.3. The first-order valence-corrected chi connectivity index (χ1v) is 18.8. The first-order valence-electron chi connectivity index (χ1n) is 18.8. The number of rotatable bonds is 6. The molecule has 0 bridgehead atoms. The number of fused-ring (bicyclic) bond motifs is 9. The highest BCUT2D eigenvalue weighted by Gasteiger charge is 2.53. The molecule has 0 saturated heterocycles. The average Bonchev–Trinajstić information content (AvgIpc) is 3.72. The van der Waals surface area contributed by atoms with E-state index in [-0.39, 0.29) is 17.4 Å². The van der Waals surface area contributed by atoms with Crippen molar-refractivity contribution in [1.82, 2.24) is 5.43 Å². The highest BCUT2D eigenvalue weighted by atomic mass is 15.3. The molecule has 3 N–H and O–H groups in total. The summed E-state index contributed by atoms with van der Waals surface area (Å²) in [5.74, 6) is 7.09. The highest BCUT2D eigenvalue weighted by Crippen LogP contribution is 2.64. The molecule has 0 fully saturated rings. The molecule has 10 rings (SSSR count). The average molecular weight is 694 g/mol. The van der Waals surface area contributed by atoms with Crippen molar-refractivity contribution >= 4 is 11.4 Å². The molecule has 3 aliphatic rings. The minimum absolute atomic E-state index is 0.0735. The van der Waals surface area contributed by atoms with Crippen LogP contribution in [0.25, 0.3) is 39.0 Å². The van der Waals surface area contributed by atoms with E-state index in [1.807, 2.05) is 6.07 Å². The van der Waals surface area contributed by atoms with Gasteiger partial charge in [-0.1, -0.05) is 194 Å². The van der Waals surface area contributed by atoms with Gasteiger partial charge in [0.15, 0.2) is 0 Å². The fourth-order valence-corrected chi connectivity index (χ4v) is 9.32. The van der Waals surface area contributed by atoms with Gasteiger partial charge in [0.1, 0.15) is 5.84 Å². The van der Waals surface area contributed by atoms with Crippen molar-refractivity contribution in [3.63, 3.8) is 0 Å². The Morgan fingerprint density at radius 1 is 0.537 bits per heavy atom. The molecule has 3 aliphatic carbocycles. The number of benzene rings is 7. The normalized spacial score (nSPS) is 16.8. The van der Waals surface area contributed by atoms with Crippen LogP contribution in [-0.4, -0.2) is 5.84 Å². The maximum atomic E-state index is 6.35. The summed E-state index contributed by atoms with van der Waals surface area (Å²) in [6.07, 6.45) is 5.63. The van der Waals surface area contributed by atoms with Gasteiger partial charge in [0.25, 0.3) is 0 Å². The van der Waals surface area contributed by atoms with Gasteiger partial charge in [-0.15, -0.1) is 0 Å². The first-order chi connectivity index (χ1) is 26.7. The van der Waals surface area contributed by atoms with Gasteiger partial charge in [-0.05, 0) is 78.8 Å². The van der Waals surface area contributed by atoms with E-state index in [0.717, 1.165) is 23.1 Å². The third kappa shape index (κ3) is 5.04. The molecule has 0 heterocycles. The van der Waals surface area contributed by atoms with Crippen LogP contribution in [0, 0.1) is 5.92 Å². The molecule has 0 aliphatic heterocycles. The molecule has 7 aromatic rings. The maximum Gasteiger partial charge on any atom is 0.143 e. The molecule has 0 amide bonds. The van der Waals surface area contributed by atoms with Crippen LogP contribution >= 0.6 is 0 Å². The molecular formula is C51H39N3. The van der Waals surface area contributed by atoms with Crippen molar-refractivity contribution in [3.8, 4) is 33.4 Å². The van der Waals surface area contributed by atoms with E-state index in [4.69, 9.17) is 10.8 Å². The molecule has 0 saturated carbocycles. The first kappa shape index (κ1) is 32.1. The number of aliphatic imine (C=N–C) groups is 1. The lowest BCUT2D eigenvalue weighted by atomic mass is 9.66. The fourth-order valence-electron chi connectivity index (χ4n) is 9.32. The van der Waals surface area contributed by atoms with Gasteiger partial charge in [-0.3, -0.25) is 4.99 Å². The number of nitrogens with one attached hydrogen (secondary N) is 1. The van der Waals surface area contributed by atoms with Gasteiger partial charge in [-0.2, -0.15) is 0 Å². The van der Waals surface area contributed by atoms with E-state index in [2.05, 4.69) is 194 Å². The van der Waals surface area contributed by atoms with Crippen LogP contribution in [0.4, 0.5) is 0 Å². The Balaban J connectivity index is 1.10. The molecule has 2 unspecified atom stereocenters. The monoisotopic (exact) mass is 693 g/mol. The van der Waals surface area contributed by atoms with E-state index >= 15 is 0 Å². The van der Waals surface area contributed by atoms with Crippen molar-refractivity contribution in [3.05, 3.63) is 233 Å². The summed E-state index contributed by atoms with van der Waals surface area (Å²) >= 11 is 0. The third-order valence-corrected chi connectivity index (χ3v) is 11.7. The van der Waals surface area contributed by atoms with Crippen molar-refractivity contribution in [2.24, 2.45) is 16.8 Å². The van der Waals surface area contributed by atoms with E-state index in [9.17, 15) is 0 Å². The zero-order valence-corrected chi connectivity index (χ0v) is 29.9. The second-order valence-electron chi connectivity index (χ2n) is 14.5. The maximum absolute atomic E-state index is 6.35. The Bertz CT molecular complexity index is 2550. The predicted molar refractivity (Wildman–Crippen MR) is 223 cm³/mol. The number of hydrogen-bond donors (Lipinski definition) is 2. The lowest BCUT2D eigenvalue weighted by Crippen LogP contribution is -2.33. The number of nitrogens with zero attached hydrogens (tertiary/aromatic N) is 1. The van der Waals surface area contributed by atoms with Crippen LogP contribution in [0.15, 0.2) is 205 Å². The summed E-state index contributed by atoms with van der Waals surface area (Å²) < 4.78 is 0. The van der Waals surface area contributed by atoms with E-state index < -0.39 is 0 Å². The molecular weight excluding hydrogens is 655 g/mol. The minimum atomic E-state index is -0.365. The van der Waals surface area contributed by atoms with Crippen molar-refractivity contribution in [2.75, 3.05) is 0 Å². The third-order valence-electron chi connectivity index (χ3n) is 11.7. The van der Waals surface area contributed by atoms with Crippen LogP contribution in [0.1, 0.15) is 45.8 Å². The largest absolute Gasteiger partial charge is 0.308 e. The van der Waals surface area contributed by atoms with Gasteiger partial charge in [0.2, 0.25) is 0 Å². The highest BCUT2D eigenvalue weighted by molar-refractivity contribution is 5.99. The number of amidine groups is 1. The van der Waals surface area contributed by atoms with Gasteiger partial charge in [0.05, 0.1) is 11.5 Å². The zero-order valence-electron chi connectivity index (χ0n) is 29.9.